The van der Waals surface area contributed by atoms with E-state index in [9.17, 15) is 18.4 Å². The number of aryl methyl sites for hydroxylation is 1. The van der Waals surface area contributed by atoms with Crippen LogP contribution in [0.2, 0.25) is 5.02 Å². The van der Waals surface area contributed by atoms with Gasteiger partial charge < -0.3 is 10.6 Å². The number of ketones is 1. The second-order valence-corrected chi connectivity index (χ2v) is 6.86. The third kappa shape index (κ3) is 4.43. The van der Waals surface area contributed by atoms with Gasteiger partial charge in [-0.3, -0.25) is 9.59 Å². The van der Waals surface area contributed by atoms with Crippen molar-refractivity contribution in [3.8, 4) is 0 Å². The molecule has 0 heterocycles. The Balaban J connectivity index is 2.03. The van der Waals surface area contributed by atoms with E-state index in [1.165, 1.54) is 29.2 Å². The molecule has 0 unspecified atom stereocenters. The second kappa shape index (κ2) is 8.41. The zero-order valence-electron chi connectivity index (χ0n) is 15.5. The Morgan fingerprint density at radius 3 is 2.34 bits per heavy atom. The summed E-state index contributed by atoms with van der Waals surface area (Å²) in [6.07, 6.45) is 0. The number of benzene rings is 3. The average molecular weight is 415 g/mol. The van der Waals surface area contributed by atoms with E-state index in [0.717, 1.165) is 11.6 Å². The summed E-state index contributed by atoms with van der Waals surface area (Å²) in [5.41, 5.74) is 7.17. The van der Waals surface area contributed by atoms with Gasteiger partial charge in [-0.05, 0) is 42.8 Å². The van der Waals surface area contributed by atoms with Crippen LogP contribution in [0.5, 0.6) is 0 Å². The highest BCUT2D eigenvalue weighted by molar-refractivity contribution is 6.35. The van der Waals surface area contributed by atoms with E-state index < -0.39 is 17.5 Å². The summed E-state index contributed by atoms with van der Waals surface area (Å²) in [5.74, 6) is -2.58. The van der Waals surface area contributed by atoms with E-state index in [1.807, 2.05) is 19.1 Å². The van der Waals surface area contributed by atoms with Crippen LogP contribution in [0, 0.1) is 18.6 Å². The zero-order valence-corrected chi connectivity index (χ0v) is 16.2. The molecule has 3 aromatic rings. The fourth-order valence-corrected chi connectivity index (χ4v) is 3.26. The maximum Gasteiger partial charge on any atom is 0.237 e. The maximum absolute atomic E-state index is 14.3. The molecule has 29 heavy (non-hydrogen) atoms. The molecule has 3 aromatic carbocycles. The molecule has 0 saturated heterocycles. The SMILES string of the molecule is Cc1ccccc1C(=O)c1ccc(N(CC(N)=O)c2ccc(F)cc2F)cc1Cl. The van der Waals surface area contributed by atoms with Crippen LogP contribution in [-0.4, -0.2) is 18.2 Å². The van der Waals surface area contributed by atoms with E-state index >= 15 is 0 Å². The van der Waals surface area contributed by atoms with Gasteiger partial charge in [-0.1, -0.05) is 35.9 Å². The Bertz CT molecular complexity index is 1100. The van der Waals surface area contributed by atoms with Crippen molar-refractivity contribution >= 4 is 34.7 Å². The molecule has 7 heteroatoms. The Labute approximate surface area is 171 Å². The van der Waals surface area contributed by atoms with Gasteiger partial charge in [-0.25, -0.2) is 8.78 Å². The molecule has 0 aromatic heterocycles. The minimum absolute atomic E-state index is 0.0424. The first-order chi connectivity index (χ1) is 13.8. The van der Waals surface area contributed by atoms with Gasteiger partial charge >= 0.3 is 0 Å². The Morgan fingerprint density at radius 2 is 1.72 bits per heavy atom. The van der Waals surface area contributed by atoms with E-state index in [-0.39, 0.29) is 28.6 Å². The molecule has 4 nitrogen and oxygen atoms in total. The number of primary amides is 1. The topological polar surface area (TPSA) is 63.4 Å². The molecule has 0 spiro atoms. The number of hydrogen-bond donors (Lipinski definition) is 1. The highest BCUT2D eigenvalue weighted by atomic mass is 35.5. The van der Waals surface area contributed by atoms with Crippen molar-refractivity contribution in [2.45, 2.75) is 6.92 Å². The minimum atomic E-state index is -0.859. The summed E-state index contributed by atoms with van der Waals surface area (Å²) < 4.78 is 27.6. The van der Waals surface area contributed by atoms with Crippen molar-refractivity contribution in [3.63, 3.8) is 0 Å². The van der Waals surface area contributed by atoms with Crippen LogP contribution in [0.1, 0.15) is 21.5 Å². The third-order valence-electron chi connectivity index (χ3n) is 4.41. The predicted octanol–water partition coefficient (Wildman–Crippen LogP) is 4.78. The van der Waals surface area contributed by atoms with Gasteiger partial charge in [0.1, 0.15) is 18.2 Å². The van der Waals surface area contributed by atoms with Crippen molar-refractivity contribution < 1.29 is 18.4 Å². The Hall–Kier alpha value is -3.25. The highest BCUT2D eigenvalue weighted by Gasteiger charge is 2.20. The van der Waals surface area contributed by atoms with Gasteiger partial charge in [-0.2, -0.15) is 0 Å². The number of nitrogens with zero attached hydrogens (tertiary/aromatic N) is 1. The van der Waals surface area contributed by atoms with Gasteiger partial charge in [0, 0.05) is 22.9 Å². The summed E-state index contributed by atoms with van der Waals surface area (Å²) in [6.45, 7) is 1.46. The second-order valence-electron chi connectivity index (χ2n) is 6.46. The summed E-state index contributed by atoms with van der Waals surface area (Å²) in [5, 5.41) is 0.132. The van der Waals surface area contributed by atoms with Crippen LogP contribution >= 0.6 is 11.6 Å². The Morgan fingerprint density at radius 1 is 1.00 bits per heavy atom. The van der Waals surface area contributed by atoms with Crippen molar-refractivity contribution in [1.29, 1.82) is 0 Å². The van der Waals surface area contributed by atoms with E-state index in [1.54, 1.807) is 12.1 Å². The maximum atomic E-state index is 14.3. The lowest BCUT2D eigenvalue weighted by molar-refractivity contribution is -0.116. The largest absolute Gasteiger partial charge is 0.368 e. The minimum Gasteiger partial charge on any atom is -0.368 e. The summed E-state index contributed by atoms with van der Waals surface area (Å²) in [4.78, 5) is 25.6. The first kappa shape index (κ1) is 20.5. The number of amides is 1. The van der Waals surface area contributed by atoms with Crippen LogP contribution < -0.4 is 10.6 Å². The van der Waals surface area contributed by atoms with Crippen LogP contribution in [-0.2, 0) is 4.79 Å². The average Bonchev–Trinajstić information content (AvgIpc) is 2.66. The van der Waals surface area contributed by atoms with E-state index in [4.69, 9.17) is 17.3 Å². The summed E-state index contributed by atoms with van der Waals surface area (Å²) in [6, 6.07) is 14.6. The fraction of sp³-hybridized carbons (Fsp3) is 0.0909. The van der Waals surface area contributed by atoms with Crippen molar-refractivity contribution in [2.75, 3.05) is 11.4 Å². The fourth-order valence-electron chi connectivity index (χ4n) is 3.00. The quantitative estimate of drug-likeness (QED) is 0.590. The molecule has 0 radical (unpaired) electrons. The molecule has 0 fully saturated rings. The number of carbonyl (C=O) groups excluding carboxylic acids is 2. The van der Waals surface area contributed by atoms with Gasteiger partial charge in [0.15, 0.2) is 5.78 Å². The van der Waals surface area contributed by atoms with Crippen LogP contribution in [0.15, 0.2) is 60.7 Å². The summed E-state index contributed by atoms with van der Waals surface area (Å²) in [7, 11) is 0. The van der Waals surface area contributed by atoms with Gasteiger partial charge in [0.25, 0.3) is 0 Å². The van der Waals surface area contributed by atoms with Gasteiger partial charge in [-0.15, -0.1) is 0 Å². The first-order valence-corrected chi connectivity index (χ1v) is 9.06. The molecular weight excluding hydrogens is 398 g/mol. The molecule has 3 rings (SSSR count). The predicted molar refractivity (Wildman–Crippen MR) is 109 cm³/mol. The van der Waals surface area contributed by atoms with Crippen molar-refractivity contribution in [3.05, 3.63) is 94.0 Å². The lowest BCUT2D eigenvalue weighted by Crippen LogP contribution is -2.30. The number of anilines is 2. The van der Waals surface area contributed by atoms with E-state index in [0.29, 0.717) is 17.3 Å². The monoisotopic (exact) mass is 414 g/mol. The molecule has 0 bridgehead atoms. The molecule has 148 valence electrons. The first-order valence-electron chi connectivity index (χ1n) is 8.68. The zero-order chi connectivity index (χ0) is 21.1. The lowest BCUT2D eigenvalue weighted by atomic mass is 9.99. The third-order valence-corrected chi connectivity index (χ3v) is 4.73. The smallest absolute Gasteiger partial charge is 0.237 e. The molecular formula is C22H17ClF2N2O2. The molecule has 2 N–H and O–H groups in total. The molecule has 0 aliphatic carbocycles. The summed E-state index contributed by atoms with van der Waals surface area (Å²) >= 11 is 6.34. The van der Waals surface area contributed by atoms with E-state index in [2.05, 4.69) is 0 Å². The number of nitrogens with two attached hydrogens (primary N) is 1. The molecule has 0 aliphatic rings. The highest BCUT2D eigenvalue weighted by Crippen LogP contribution is 2.32. The number of rotatable bonds is 6. The van der Waals surface area contributed by atoms with Gasteiger partial charge in [0.2, 0.25) is 5.91 Å². The lowest BCUT2D eigenvalue weighted by Gasteiger charge is -2.24. The Kier molecular flexibility index (Phi) is 5.94. The van der Waals surface area contributed by atoms with Gasteiger partial charge in [0.05, 0.1) is 10.7 Å². The molecule has 0 atom stereocenters. The van der Waals surface area contributed by atoms with Crippen LogP contribution in [0.25, 0.3) is 0 Å². The number of hydrogen-bond acceptors (Lipinski definition) is 3. The van der Waals surface area contributed by atoms with Crippen LogP contribution in [0.3, 0.4) is 0 Å². The normalized spacial score (nSPS) is 10.6. The molecule has 0 saturated carbocycles. The van der Waals surface area contributed by atoms with Crippen LogP contribution in [0.4, 0.5) is 20.2 Å². The standard InChI is InChI=1S/C22H17ClF2N2O2/c1-13-4-2-3-5-16(13)22(29)17-8-7-15(11-18(17)23)27(12-21(26)28)20-9-6-14(24)10-19(20)25/h2-11H,12H2,1H3,(H2,26,28). The number of carbonyl (C=O) groups is 2. The van der Waals surface area contributed by atoms with Crippen molar-refractivity contribution in [2.24, 2.45) is 5.73 Å². The van der Waals surface area contributed by atoms with Crippen molar-refractivity contribution in [1.82, 2.24) is 0 Å². The molecule has 0 aliphatic heterocycles. The molecule has 1 amide bonds. The number of halogens is 3.